The molecule has 0 bridgehead atoms. The van der Waals surface area contributed by atoms with Gasteiger partial charge in [-0.15, -0.1) is 0 Å². The maximum Gasteiger partial charge on any atom is 0.335 e. The van der Waals surface area contributed by atoms with Gasteiger partial charge in [-0.2, -0.15) is 0 Å². The van der Waals surface area contributed by atoms with Crippen molar-refractivity contribution < 1.29 is 23.8 Å². The second-order valence-electron chi connectivity index (χ2n) is 8.89. The number of pyridine rings is 1. The second kappa shape index (κ2) is 11.2. The molecule has 0 atom stereocenters. The van der Waals surface area contributed by atoms with Crippen molar-refractivity contribution in [1.82, 2.24) is 14.5 Å². The number of hydrogen-bond donors (Lipinski definition) is 2. The largest absolute Gasteiger partial charge is 0.478 e. The van der Waals surface area contributed by atoms with Crippen LogP contribution in [-0.2, 0) is 17.7 Å². The Labute approximate surface area is 223 Å². The average molecular weight is 525 g/mol. The fourth-order valence-electron chi connectivity index (χ4n) is 4.34. The molecule has 1 amide bonds. The van der Waals surface area contributed by atoms with E-state index in [1.165, 1.54) is 12.1 Å². The van der Waals surface area contributed by atoms with E-state index < -0.39 is 11.8 Å². The van der Waals surface area contributed by atoms with Gasteiger partial charge in [-0.1, -0.05) is 36.4 Å². The molecular formula is C30H25FN4O4. The van der Waals surface area contributed by atoms with Gasteiger partial charge in [0.15, 0.2) is 0 Å². The second-order valence-corrected chi connectivity index (χ2v) is 8.89. The van der Waals surface area contributed by atoms with Gasteiger partial charge in [-0.25, -0.2) is 19.2 Å². The van der Waals surface area contributed by atoms with Crippen LogP contribution in [0.4, 0.5) is 10.2 Å². The third-order valence-corrected chi connectivity index (χ3v) is 6.32. The van der Waals surface area contributed by atoms with Crippen molar-refractivity contribution in [2.75, 3.05) is 19.0 Å². The van der Waals surface area contributed by atoms with Crippen LogP contribution in [0.25, 0.3) is 22.3 Å². The molecule has 0 radical (unpaired) electrons. The molecule has 196 valence electrons. The summed E-state index contributed by atoms with van der Waals surface area (Å²) < 4.78 is 22.4. The molecule has 0 fully saturated rings. The van der Waals surface area contributed by atoms with Gasteiger partial charge in [-0.3, -0.25) is 4.79 Å². The number of fused-ring (bicyclic) bond motifs is 1. The number of halogens is 1. The molecule has 3 aromatic carbocycles. The Hall–Kier alpha value is -4.89. The number of carboxylic acid groups (broad SMARTS) is 1. The Bertz CT molecular complexity index is 1670. The molecule has 0 saturated carbocycles. The highest BCUT2D eigenvalue weighted by atomic mass is 19.1. The highest BCUT2D eigenvalue weighted by Gasteiger charge is 2.16. The number of aromatic carboxylic acids is 1. The lowest BCUT2D eigenvalue weighted by atomic mass is 10.1. The summed E-state index contributed by atoms with van der Waals surface area (Å²) in [6.07, 6.45) is 0.202. The third-order valence-electron chi connectivity index (χ3n) is 6.32. The van der Waals surface area contributed by atoms with Crippen molar-refractivity contribution in [3.63, 3.8) is 0 Å². The molecular weight excluding hydrogens is 499 g/mol. The van der Waals surface area contributed by atoms with E-state index in [0.717, 1.165) is 0 Å². The van der Waals surface area contributed by atoms with E-state index in [0.29, 0.717) is 58.2 Å². The number of anilines is 1. The van der Waals surface area contributed by atoms with Crippen LogP contribution in [0, 0.1) is 5.82 Å². The van der Waals surface area contributed by atoms with E-state index in [1.54, 1.807) is 73.8 Å². The SMILES string of the molecule is COCCn1c(Cc2ccc(-c3cccc(NC(=O)c4ccccc4)n3)cc2F)nc2ccc(C(=O)O)cc21. The van der Waals surface area contributed by atoms with Crippen molar-refractivity contribution in [2.24, 2.45) is 0 Å². The number of methoxy groups -OCH3 is 1. The summed E-state index contributed by atoms with van der Waals surface area (Å²) in [5, 5.41) is 12.2. The maximum atomic E-state index is 15.3. The van der Waals surface area contributed by atoms with Crippen LogP contribution >= 0.6 is 0 Å². The minimum absolute atomic E-state index is 0.151. The molecule has 0 unspecified atom stereocenters. The van der Waals surface area contributed by atoms with Crippen LogP contribution < -0.4 is 5.32 Å². The topological polar surface area (TPSA) is 106 Å². The van der Waals surface area contributed by atoms with E-state index >= 15 is 4.39 Å². The van der Waals surface area contributed by atoms with Crippen molar-refractivity contribution in [2.45, 2.75) is 13.0 Å². The number of hydrogen-bond acceptors (Lipinski definition) is 5. The molecule has 8 nitrogen and oxygen atoms in total. The summed E-state index contributed by atoms with van der Waals surface area (Å²) in [7, 11) is 1.58. The number of imidazole rings is 1. The Morgan fingerprint density at radius 3 is 2.51 bits per heavy atom. The van der Waals surface area contributed by atoms with Crippen molar-refractivity contribution in [3.05, 3.63) is 113 Å². The third kappa shape index (κ3) is 5.68. The Morgan fingerprint density at radius 2 is 1.77 bits per heavy atom. The first-order chi connectivity index (χ1) is 18.9. The lowest BCUT2D eigenvalue weighted by Gasteiger charge is -2.11. The van der Waals surface area contributed by atoms with Gasteiger partial charge in [0.25, 0.3) is 5.91 Å². The van der Waals surface area contributed by atoms with Crippen LogP contribution in [-0.4, -0.2) is 45.2 Å². The van der Waals surface area contributed by atoms with Crippen LogP contribution in [0.1, 0.15) is 32.1 Å². The molecule has 2 N–H and O–H groups in total. The minimum Gasteiger partial charge on any atom is -0.478 e. The minimum atomic E-state index is -1.03. The first-order valence-corrected chi connectivity index (χ1v) is 12.3. The number of amides is 1. The fraction of sp³-hybridized carbons (Fsp3) is 0.133. The van der Waals surface area contributed by atoms with Crippen LogP contribution in [0.3, 0.4) is 0 Å². The zero-order chi connectivity index (χ0) is 27.4. The molecule has 0 aliphatic heterocycles. The van der Waals surface area contributed by atoms with Crippen LogP contribution in [0.2, 0.25) is 0 Å². The van der Waals surface area contributed by atoms with Gasteiger partial charge >= 0.3 is 5.97 Å². The fourth-order valence-corrected chi connectivity index (χ4v) is 4.34. The van der Waals surface area contributed by atoms with Crippen LogP contribution in [0.15, 0.2) is 84.9 Å². The molecule has 9 heteroatoms. The predicted molar refractivity (Wildman–Crippen MR) is 145 cm³/mol. The Balaban J connectivity index is 1.40. The molecule has 5 rings (SSSR count). The summed E-state index contributed by atoms with van der Waals surface area (Å²) in [6, 6.07) is 23.6. The molecule has 0 aliphatic rings. The van der Waals surface area contributed by atoms with Gasteiger partial charge in [-0.05, 0) is 54.1 Å². The summed E-state index contributed by atoms with van der Waals surface area (Å²) in [4.78, 5) is 33.1. The monoisotopic (exact) mass is 524 g/mol. The smallest absolute Gasteiger partial charge is 0.335 e. The molecule has 0 spiro atoms. The van der Waals surface area contributed by atoms with Crippen molar-refractivity contribution >= 4 is 28.7 Å². The number of nitrogens with zero attached hydrogens (tertiary/aromatic N) is 3. The molecule has 2 heterocycles. The Kier molecular flexibility index (Phi) is 7.42. The molecule has 39 heavy (non-hydrogen) atoms. The summed E-state index contributed by atoms with van der Waals surface area (Å²) >= 11 is 0. The number of aromatic nitrogens is 3. The molecule has 5 aromatic rings. The highest BCUT2D eigenvalue weighted by Crippen LogP contribution is 2.25. The standard InChI is InChI=1S/C30H25FN4O4/c1-39-15-14-35-26-17-22(30(37)38)12-13-25(26)33-28(35)18-20-10-11-21(16-23(20)31)24-8-5-9-27(32-24)34-29(36)19-6-3-2-4-7-19/h2-13,16-17H,14-15,18H2,1H3,(H,37,38)(H,32,34,36). The number of carbonyl (C=O) groups is 2. The average Bonchev–Trinajstić information content (AvgIpc) is 3.29. The molecule has 0 saturated heterocycles. The first kappa shape index (κ1) is 25.7. The lowest BCUT2D eigenvalue weighted by Crippen LogP contribution is -2.12. The van der Waals surface area contributed by atoms with Crippen molar-refractivity contribution in [3.8, 4) is 11.3 Å². The normalized spacial score (nSPS) is 11.0. The summed E-state index contributed by atoms with van der Waals surface area (Å²) in [5.41, 5.74) is 3.44. The summed E-state index contributed by atoms with van der Waals surface area (Å²) in [6.45, 7) is 0.830. The van der Waals surface area contributed by atoms with E-state index in [1.807, 2.05) is 10.6 Å². The number of benzene rings is 3. The summed E-state index contributed by atoms with van der Waals surface area (Å²) in [5.74, 6) is -0.784. The number of carboxylic acids is 1. The lowest BCUT2D eigenvalue weighted by molar-refractivity contribution is 0.0696. The number of carbonyl (C=O) groups excluding carboxylic acids is 1. The quantitative estimate of drug-likeness (QED) is 0.267. The number of ether oxygens (including phenoxy) is 1. The zero-order valence-electron chi connectivity index (χ0n) is 21.1. The number of rotatable bonds is 9. The van der Waals surface area contributed by atoms with E-state index in [9.17, 15) is 14.7 Å². The van der Waals surface area contributed by atoms with E-state index in [2.05, 4.69) is 15.3 Å². The van der Waals surface area contributed by atoms with Gasteiger partial charge in [0.05, 0.1) is 28.9 Å². The van der Waals surface area contributed by atoms with E-state index in [4.69, 9.17) is 4.74 Å². The van der Waals surface area contributed by atoms with Crippen LogP contribution in [0.5, 0.6) is 0 Å². The van der Waals surface area contributed by atoms with Gasteiger partial charge in [0.1, 0.15) is 17.5 Å². The Morgan fingerprint density at radius 1 is 0.949 bits per heavy atom. The zero-order valence-corrected chi connectivity index (χ0v) is 21.1. The van der Waals surface area contributed by atoms with Gasteiger partial charge in [0, 0.05) is 31.2 Å². The maximum absolute atomic E-state index is 15.3. The predicted octanol–water partition coefficient (Wildman–Crippen LogP) is 5.43. The molecule has 2 aromatic heterocycles. The van der Waals surface area contributed by atoms with E-state index in [-0.39, 0.29) is 17.9 Å². The first-order valence-electron chi connectivity index (χ1n) is 12.3. The van der Waals surface area contributed by atoms with Gasteiger partial charge < -0.3 is 19.7 Å². The molecule has 0 aliphatic carbocycles. The van der Waals surface area contributed by atoms with Crippen molar-refractivity contribution in [1.29, 1.82) is 0 Å². The van der Waals surface area contributed by atoms with Gasteiger partial charge in [0.2, 0.25) is 0 Å². The highest BCUT2D eigenvalue weighted by molar-refractivity contribution is 6.03. The number of nitrogens with one attached hydrogen (secondary N) is 1.